The molecule has 194 valence electrons. The molecule has 4 aromatic rings. The average molecular weight is 523 g/mol. The number of hydrogen-bond acceptors (Lipinski definition) is 8. The van der Waals surface area contributed by atoms with Crippen molar-refractivity contribution in [2.45, 2.75) is 56.5 Å². The molecule has 2 aromatic heterocycles. The van der Waals surface area contributed by atoms with Crippen molar-refractivity contribution in [2.75, 3.05) is 19.6 Å². The molecule has 0 radical (unpaired) electrons. The van der Waals surface area contributed by atoms with Gasteiger partial charge in [-0.1, -0.05) is 35.8 Å². The zero-order chi connectivity index (χ0) is 25.2. The van der Waals surface area contributed by atoms with Crippen LogP contribution in [0, 0.1) is 0 Å². The van der Waals surface area contributed by atoms with Gasteiger partial charge in [-0.2, -0.15) is 9.29 Å². The largest absolute Gasteiger partial charge is 0.484 e. The van der Waals surface area contributed by atoms with Gasteiger partial charge in [-0.3, -0.25) is 4.90 Å². The fraction of sp³-hybridized carbons (Fsp3) is 0.423. The molecule has 11 heteroatoms. The number of hydrogen-bond donors (Lipinski definition) is 1. The zero-order valence-corrected chi connectivity index (χ0v) is 21.4. The Hall–Kier alpha value is -3.28. The number of para-hydroxylation sites is 2. The van der Waals surface area contributed by atoms with Crippen LogP contribution in [0.15, 0.2) is 58.2 Å². The fourth-order valence-electron chi connectivity index (χ4n) is 5.11. The monoisotopic (exact) mass is 522 g/mol. The maximum atomic E-state index is 13.5. The van der Waals surface area contributed by atoms with Crippen LogP contribution in [0.25, 0.3) is 11.0 Å². The van der Waals surface area contributed by atoms with E-state index in [1.807, 2.05) is 30.3 Å². The second-order valence-corrected chi connectivity index (χ2v) is 11.5. The SMILES string of the molecule is O=S(=O)(c1nc2ccccc2[nH]1)N1CCCCC1c1noc(COc2ccc(CN3CCCC3)cc2)n1. The van der Waals surface area contributed by atoms with Gasteiger partial charge in [0.25, 0.3) is 15.9 Å². The normalized spacial score (nSPS) is 19.5. The number of nitrogens with one attached hydrogen (secondary N) is 1. The van der Waals surface area contributed by atoms with Crippen molar-refractivity contribution in [1.29, 1.82) is 0 Å². The van der Waals surface area contributed by atoms with E-state index >= 15 is 0 Å². The molecule has 0 saturated carbocycles. The van der Waals surface area contributed by atoms with Crippen molar-refractivity contribution in [3.8, 4) is 5.75 Å². The highest BCUT2D eigenvalue weighted by molar-refractivity contribution is 7.89. The summed E-state index contributed by atoms with van der Waals surface area (Å²) in [7, 11) is -3.87. The fourth-order valence-corrected chi connectivity index (χ4v) is 6.69. The maximum absolute atomic E-state index is 13.5. The summed E-state index contributed by atoms with van der Waals surface area (Å²) in [5.74, 6) is 1.37. The summed E-state index contributed by atoms with van der Waals surface area (Å²) in [5, 5.41) is 4.05. The third kappa shape index (κ3) is 5.11. The second kappa shape index (κ2) is 10.2. The van der Waals surface area contributed by atoms with E-state index in [2.05, 4.69) is 37.1 Å². The van der Waals surface area contributed by atoms with Crippen LogP contribution in [-0.4, -0.2) is 57.4 Å². The van der Waals surface area contributed by atoms with Gasteiger partial charge in [0.2, 0.25) is 5.16 Å². The Labute approximate surface area is 215 Å². The quantitative estimate of drug-likeness (QED) is 0.369. The van der Waals surface area contributed by atoms with E-state index in [-0.39, 0.29) is 11.8 Å². The van der Waals surface area contributed by atoms with Crippen LogP contribution in [0.1, 0.15) is 55.4 Å². The molecule has 2 aromatic carbocycles. The minimum Gasteiger partial charge on any atom is -0.484 e. The number of benzene rings is 2. The molecule has 1 atom stereocenters. The highest BCUT2D eigenvalue weighted by Gasteiger charge is 2.38. The number of aromatic amines is 1. The van der Waals surface area contributed by atoms with Crippen molar-refractivity contribution < 1.29 is 17.7 Å². The predicted octanol–water partition coefficient (Wildman–Crippen LogP) is 4.04. The first-order valence-electron chi connectivity index (χ1n) is 12.8. The van der Waals surface area contributed by atoms with Crippen molar-refractivity contribution >= 4 is 21.1 Å². The molecule has 4 heterocycles. The standard InChI is InChI=1S/C26H30N6O4S/c33-37(34,26-27-21-7-1-2-8-22(21)28-26)32-16-4-3-9-23(32)25-29-24(36-30-25)18-35-20-12-10-19(11-13-20)17-31-14-5-6-15-31/h1-2,7-8,10-13,23H,3-6,9,14-18H2,(H,27,28). The summed E-state index contributed by atoms with van der Waals surface area (Å²) in [5.41, 5.74) is 2.55. The third-order valence-electron chi connectivity index (χ3n) is 7.05. The summed E-state index contributed by atoms with van der Waals surface area (Å²) in [4.78, 5) is 14.2. The van der Waals surface area contributed by atoms with Gasteiger partial charge in [0.05, 0.1) is 17.1 Å². The van der Waals surface area contributed by atoms with E-state index in [0.29, 0.717) is 35.7 Å². The highest BCUT2D eigenvalue weighted by atomic mass is 32.2. The van der Waals surface area contributed by atoms with Crippen LogP contribution in [0.3, 0.4) is 0 Å². The molecule has 0 bridgehead atoms. The first kappa shape index (κ1) is 24.1. The van der Waals surface area contributed by atoms with Crippen LogP contribution in [-0.2, 0) is 23.2 Å². The Morgan fingerprint density at radius 3 is 2.57 bits per heavy atom. The smallest absolute Gasteiger partial charge is 0.277 e. The predicted molar refractivity (Wildman–Crippen MR) is 136 cm³/mol. The highest BCUT2D eigenvalue weighted by Crippen LogP contribution is 2.34. The van der Waals surface area contributed by atoms with Crippen molar-refractivity contribution in [2.24, 2.45) is 0 Å². The lowest BCUT2D eigenvalue weighted by molar-refractivity contribution is 0.231. The van der Waals surface area contributed by atoms with Crippen molar-refractivity contribution in [3.63, 3.8) is 0 Å². The van der Waals surface area contributed by atoms with Gasteiger partial charge in [-0.05, 0) is 68.6 Å². The molecule has 6 rings (SSSR count). The minimum absolute atomic E-state index is 0.0687. The van der Waals surface area contributed by atoms with Crippen LogP contribution in [0.2, 0.25) is 0 Å². The van der Waals surface area contributed by atoms with Crippen LogP contribution < -0.4 is 4.74 Å². The van der Waals surface area contributed by atoms with E-state index in [0.717, 1.165) is 38.2 Å². The first-order chi connectivity index (χ1) is 18.1. The number of aromatic nitrogens is 4. The number of piperidine rings is 1. The maximum Gasteiger partial charge on any atom is 0.277 e. The third-order valence-corrected chi connectivity index (χ3v) is 8.78. The Balaban J connectivity index is 1.13. The summed E-state index contributed by atoms with van der Waals surface area (Å²) in [6, 6.07) is 14.8. The van der Waals surface area contributed by atoms with E-state index in [4.69, 9.17) is 9.26 Å². The van der Waals surface area contributed by atoms with Crippen LogP contribution >= 0.6 is 0 Å². The Morgan fingerprint density at radius 2 is 1.76 bits per heavy atom. The molecule has 1 unspecified atom stereocenters. The van der Waals surface area contributed by atoms with Gasteiger partial charge in [0.1, 0.15) is 5.75 Å². The van der Waals surface area contributed by atoms with Gasteiger partial charge in [-0.25, -0.2) is 13.4 Å². The number of imidazole rings is 1. The minimum atomic E-state index is -3.87. The number of nitrogens with zero attached hydrogens (tertiary/aromatic N) is 5. The van der Waals surface area contributed by atoms with Crippen LogP contribution in [0.5, 0.6) is 5.75 Å². The summed E-state index contributed by atoms with van der Waals surface area (Å²) in [6.45, 7) is 3.77. The zero-order valence-electron chi connectivity index (χ0n) is 20.5. The lowest BCUT2D eigenvalue weighted by Gasteiger charge is -2.31. The van der Waals surface area contributed by atoms with Gasteiger partial charge in [0.15, 0.2) is 12.4 Å². The summed E-state index contributed by atoms with van der Waals surface area (Å²) in [6.07, 6.45) is 4.80. The Morgan fingerprint density at radius 1 is 0.973 bits per heavy atom. The molecule has 2 aliphatic heterocycles. The van der Waals surface area contributed by atoms with Crippen molar-refractivity contribution in [3.05, 3.63) is 65.8 Å². The molecule has 2 fully saturated rings. The summed E-state index contributed by atoms with van der Waals surface area (Å²) >= 11 is 0. The molecular formula is C26H30N6O4S. The lowest BCUT2D eigenvalue weighted by Crippen LogP contribution is -2.39. The molecule has 37 heavy (non-hydrogen) atoms. The van der Waals surface area contributed by atoms with Crippen molar-refractivity contribution in [1.82, 2.24) is 29.3 Å². The number of ether oxygens (including phenoxy) is 1. The Kier molecular flexibility index (Phi) is 6.66. The van der Waals surface area contributed by atoms with E-state index in [1.165, 1.54) is 22.7 Å². The molecule has 1 N–H and O–H groups in total. The molecule has 0 spiro atoms. The van der Waals surface area contributed by atoms with E-state index in [1.54, 1.807) is 6.07 Å². The number of H-pyrrole nitrogens is 1. The number of sulfonamides is 1. The van der Waals surface area contributed by atoms with Gasteiger partial charge in [-0.15, -0.1) is 0 Å². The van der Waals surface area contributed by atoms with Gasteiger partial charge < -0.3 is 14.2 Å². The topological polar surface area (TPSA) is 117 Å². The number of rotatable bonds is 8. The molecule has 0 aliphatic carbocycles. The first-order valence-corrected chi connectivity index (χ1v) is 14.2. The molecule has 2 aliphatic rings. The average Bonchev–Trinajstić information content (AvgIpc) is 3.69. The van der Waals surface area contributed by atoms with Gasteiger partial charge >= 0.3 is 0 Å². The van der Waals surface area contributed by atoms with E-state index < -0.39 is 16.1 Å². The van der Waals surface area contributed by atoms with Crippen LogP contribution in [0.4, 0.5) is 0 Å². The van der Waals surface area contributed by atoms with E-state index in [9.17, 15) is 8.42 Å². The molecular weight excluding hydrogens is 492 g/mol. The summed E-state index contributed by atoms with van der Waals surface area (Å²) < 4.78 is 39.7. The number of likely N-dealkylation sites (tertiary alicyclic amines) is 1. The number of fused-ring (bicyclic) bond motifs is 1. The molecule has 0 amide bonds. The second-order valence-electron chi connectivity index (χ2n) is 9.65. The lowest BCUT2D eigenvalue weighted by atomic mass is 10.0. The van der Waals surface area contributed by atoms with Gasteiger partial charge in [0, 0.05) is 13.1 Å². The molecule has 2 saturated heterocycles. The molecule has 10 nitrogen and oxygen atoms in total. The Bertz CT molecular complexity index is 1430.